The van der Waals surface area contributed by atoms with Crippen LogP contribution >= 0.6 is 0 Å². The Morgan fingerprint density at radius 1 is 1.05 bits per heavy atom. The van der Waals surface area contributed by atoms with Crippen molar-refractivity contribution in [3.05, 3.63) is 94.6 Å². The number of allylic oxidation sites excluding steroid dienone is 2. The summed E-state index contributed by atoms with van der Waals surface area (Å²) in [6.45, 7) is 8.15. The summed E-state index contributed by atoms with van der Waals surface area (Å²) in [5.41, 5.74) is 15.9. The van der Waals surface area contributed by atoms with Crippen LogP contribution in [0.1, 0.15) is 68.3 Å². The summed E-state index contributed by atoms with van der Waals surface area (Å²) >= 11 is 0. The number of rotatable bonds is 17. The maximum absolute atomic E-state index is 13.0. The zero-order valence-corrected chi connectivity index (χ0v) is 26.1. The molecule has 0 radical (unpaired) electrons. The van der Waals surface area contributed by atoms with Crippen molar-refractivity contribution in [3.63, 3.8) is 0 Å². The molecule has 6 N–H and O–H groups in total. The zero-order valence-electron chi connectivity index (χ0n) is 26.1. The zero-order chi connectivity index (χ0) is 31.3. The third-order valence-electron chi connectivity index (χ3n) is 7.83. The lowest BCUT2D eigenvalue weighted by Crippen LogP contribution is -2.34. The number of nitrogens with two attached hydrogens (primary N) is 2. The summed E-state index contributed by atoms with van der Waals surface area (Å²) < 4.78 is 1.57. The summed E-state index contributed by atoms with van der Waals surface area (Å²) in [5.74, 6) is -0.0596. The van der Waals surface area contributed by atoms with E-state index in [4.69, 9.17) is 11.5 Å². The number of benzene rings is 2. The van der Waals surface area contributed by atoms with Crippen LogP contribution in [-0.2, 0) is 6.54 Å². The smallest absolute Gasteiger partial charge is 0.349 e. The Hall–Kier alpha value is -4.05. The van der Waals surface area contributed by atoms with Gasteiger partial charge in [-0.2, -0.15) is 4.98 Å². The second-order valence-electron chi connectivity index (χ2n) is 11.3. The first kappa shape index (κ1) is 32.9. The number of carbonyl (C=O) groups is 1. The average Bonchev–Trinajstić information content (AvgIpc) is 3.45. The number of nitrogens with zero attached hydrogens (tertiary/aromatic N) is 3. The molecule has 9 heteroatoms. The number of aromatic amines is 1. The van der Waals surface area contributed by atoms with Crippen LogP contribution in [0.25, 0.3) is 28.0 Å². The summed E-state index contributed by atoms with van der Waals surface area (Å²) in [6, 6.07) is 17.7. The van der Waals surface area contributed by atoms with Gasteiger partial charge in [0.2, 0.25) is 0 Å². The fourth-order valence-corrected chi connectivity index (χ4v) is 5.43. The molecule has 0 aliphatic heterocycles. The first-order valence-electron chi connectivity index (χ1n) is 15.8. The number of fused-ring (bicyclic) bond motifs is 1. The Bertz CT molecular complexity index is 1550. The van der Waals surface area contributed by atoms with Crippen molar-refractivity contribution in [2.45, 2.75) is 65.0 Å². The Kier molecular flexibility index (Phi) is 12.5. The summed E-state index contributed by atoms with van der Waals surface area (Å²) in [4.78, 5) is 35.8. The highest BCUT2D eigenvalue weighted by molar-refractivity contribution is 5.95. The van der Waals surface area contributed by atoms with E-state index in [-0.39, 0.29) is 17.6 Å². The molecule has 0 bridgehead atoms. The molecular weight excluding hydrogens is 550 g/mol. The van der Waals surface area contributed by atoms with Gasteiger partial charge in [0.25, 0.3) is 5.91 Å². The lowest BCUT2D eigenvalue weighted by Gasteiger charge is -2.22. The molecule has 0 saturated carbocycles. The summed E-state index contributed by atoms with van der Waals surface area (Å²) in [7, 11) is 0. The van der Waals surface area contributed by atoms with E-state index in [0.717, 1.165) is 80.5 Å². The molecule has 1 unspecified atom stereocenters. The fourth-order valence-electron chi connectivity index (χ4n) is 5.43. The molecule has 0 fully saturated rings. The molecule has 0 spiro atoms. The van der Waals surface area contributed by atoms with Crippen molar-refractivity contribution in [2.75, 3.05) is 26.2 Å². The van der Waals surface area contributed by atoms with Crippen molar-refractivity contribution in [1.82, 2.24) is 24.8 Å². The van der Waals surface area contributed by atoms with E-state index in [1.807, 2.05) is 61.7 Å². The fraction of sp³-hybridized carbons (Fsp3) is 0.400. The van der Waals surface area contributed by atoms with E-state index in [2.05, 4.69) is 45.3 Å². The highest BCUT2D eigenvalue weighted by atomic mass is 16.2. The predicted molar refractivity (Wildman–Crippen MR) is 180 cm³/mol. The molecule has 9 nitrogen and oxygen atoms in total. The minimum Gasteiger partial charge on any atom is -0.349 e. The standard InChI is InChI=1S/C35H47N7O2/c1-3-5-6-10-30(9-4-2)38-34(43)28-15-13-27(14-16-28)32-23-29-25-42(35(44)40-33(29)39-32)31-17-11-26(12-18-31)24-41(21-7-19-36)22-8-20-37/h3,5,11-18,23,25,30H,4,6-10,19-22,24,36-37H2,1-2H3,(H,38,43)(H,39,40,44)/b5-3+. The van der Waals surface area contributed by atoms with Gasteiger partial charge in [-0.15, -0.1) is 0 Å². The molecule has 1 atom stereocenters. The van der Waals surface area contributed by atoms with Gasteiger partial charge in [0.1, 0.15) is 5.65 Å². The van der Waals surface area contributed by atoms with Gasteiger partial charge in [0.05, 0.1) is 5.69 Å². The number of nitrogens with one attached hydrogen (secondary N) is 2. The molecule has 2 heterocycles. The largest absolute Gasteiger partial charge is 0.354 e. The SMILES string of the molecule is C/C=C/CCC(CCC)NC(=O)c1ccc(-c2cc3cn(-c4ccc(CN(CCCN)CCCN)cc4)c(=O)nc3[nH]2)cc1. The van der Waals surface area contributed by atoms with Crippen LogP contribution in [-0.4, -0.2) is 57.6 Å². The quantitative estimate of drug-likeness (QED) is 0.125. The molecule has 2 aromatic heterocycles. The van der Waals surface area contributed by atoms with Crippen LogP contribution in [0.15, 0.2) is 77.7 Å². The van der Waals surface area contributed by atoms with Crippen molar-refractivity contribution in [2.24, 2.45) is 11.5 Å². The molecular formula is C35H47N7O2. The van der Waals surface area contributed by atoms with Gasteiger partial charge < -0.3 is 21.8 Å². The molecule has 4 rings (SSSR count). The Labute approximate surface area is 260 Å². The molecule has 4 aromatic rings. The summed E-state index contributed by atoms with van der Waals surface area (Å²) in [5, 5.41) is 4.01. The van der Waals surface area contributed by atoms with Gasteiger partial charge in [-0.05, 0) is 107 Å². The number of carbonyl (C=O) groups excluding carboxylic acids is 1. The number of aromatic nitrogens is 3. The minimum absolute atomic E-state index is 0.0596. The third-order valence-corrected chi connectivity index (χ3v) is 7.83. The highest BCUT2D eigenvalue weighted by Gasteiger charge is 2.14. The van der Waals surface area contributed by atoms with E-state index in [1.54, 1.807) is 4.57 Å². The molecule has 0 saturated heterocycles. The molecule has 44 heavy (non-hydrogen) atoms. The monoisotopic (exact) mass is 597 g/mol. The van der Waals surface area contributed by atoms with Crippen molar-refractivity contribution >= 4 is 16.9 Å². The lowest BCUT2D eigenvalue weighted by molar-refractivity contribution is 0.0933. The average molecular weight is 598 g/mol. The van der Waals surface area contributed by atoms with Crippen LogP contribution < -0.4 is 22.5 Å². The van der Waals surface area contributed by atoms with Crippen molar-refractivity contribution < 1.29 is 4.79 Å². The van der Waals surface area contributed by atoms with Crippen LogP contribution in [0.4, 0.5) is 0 Å². The topological polar surface area (TPSA) is 135 Å². The Balaban J connectivity index is 1.47. The van der Waals surface area contributed by atoms with Gasteiger partial charge in [-0.1, -0.05) is 49.8 Å². The molecule has 0 aliphatic carbocycles. The number of hydrogen-bond donors (Lipinski definition) is 4. The van der Waals surface area contributed by atoms with E-state index in [0.29, 0.717) is 24.3 Å². The van der Waals surface area contributed by atoms with E-state index >= 15 is 0 Å². The van der Waals surface area contributed by atoms with Gasteiger partial charge in [-0.25, -0.2) is 4.79 Å². The molecule has 2 aromatic carbocycles. The van der Waals surface area contributed by atoms with E-state index < -0.39 is 0 Å². The third kappa shape index (κ3) is 8.98. The van der Waals surface area contributed by atoms with Gasteiger partial charge in [0.15, 0.2) is 0 Å². The maximum Gasteiger partial charge on any atom is 0.354 e. The Morgan fingerprint density at radius 3 is 2.39 bits per heavy atom. The van der Waals surface area contributed by atoms with E-state index in [9.17, 15) is 9.59 Å². The predicted octanol–water partition coefficient (Wildman–Crippen LogP) is 5.14. The van der Waals surface area contributed by atoms with Crippen LogP contribution in [0.5, 0.6) is 0 Å². The van der Waals surface area contributed by atoms with E-state index in [1.165, 1.54) is 5.56 Å². The van der Waals surface area contributed by atoms with Crippen molar-refractivity contribution in [3.8, 4) is 16.9 Å². The molecule has 234 valence electrons. The van der Waals surface area contributed by atoms with Crippen LogP contribution in [0, 0.1) is 0 Å². The number of hydrogen-bond acceptors (Lipinski definition) is 6. The molecule has 1 amide bonds. The minimum atomic E-state index is -0.353. The number of H-pyrrole nitrogens is 1. The number of amides is 1. The molecule has 0 aliphatic rings. The normalized spacial score (nSPS) is 12.4. The van der Waals surface area contributed by atoms with Crippen LogP contribution in [0.3, 0.4) is 0 Å². The van der Waals surface area contributed by atoms with Gasteiger partial charge in [0, 0.05) is 35.4 Å². The van der Waals surface area contributed by atoms with Gasteiger partial charge in [-0.3, -0.25) is 14.3 Å². The first-order valence-corrected chi connectivity index (χ1v) is 15.8. The first-order chi connectivity index (χ1) is 21.4. The van der Waals surface area contributed by atoms with Gasteiger partial charge >= 0.3 is 5.69 Å². The lowest BCUT2D eigenvalue weighted by atomic mass is 10.0. The second kappa shape index (κ2) is 16.7. The highest BCUT2D eigenvalue weighted by Crippen LogP contribution is 2.24. The van der Waals surface area contributed by atoms with Crippen molar-refractivity contribution in [1.29, 1.82) is 0 Å². The summed E-state index contributed by atoms with van der Waals surface area (Å²) in [6.07, 6.45) is 11.7. The second-order valence-corrected chi connectivity index (χ2v) is 11.3. The Morgan fingerprint density at radius 2 is 1.75 bits per heavy atom. The van der Waals surface area contributed by atoms with Crippen LogP contribution in [0.2, 0.25) is 0 Å². The maximum atomic E-state index is 13.0.